The fourth-order valence-corrected chi connectivity index (χ4v) is 0.654. The molecule has 0 unspecified atom stereocenters. The number of hydrogen-bond donors (Lipinski definition) is 2. The van der Waals surface area contributed by atoms with Crippen LogP contribution in [0, 0.1) is 5.41 Å². The summed E-state index contributed by atoms with van der Waals surface area (Å²) in [5.41, 5.74) is 5.15. The Labute approximate surface area is 72.6 Å². The molecule has 0 fully saturated rings. The number of nitrogens with two attached hydrogens (primary N) is 1. The summed E-state index contributed by atoms with van der Waals surface area (Å²) in [6.45, 7) is 4.05. The zero-order chi connectivity index (χ0) is 9.40. The normalized spacial score (nSPS) is 10.9. The van der Waals surface area contributed by atoms with Crippen molar-refractivity contribution in [3.05, 3.63) is 12.7 Å². The summed E-state index contributed by atoms with van der Waals surface area (Å²) in [5.74, 6) is 0.714. The van der Waals surface area contributed by atoms with Crippen molar-refractivity contribution in [3.63, 3.8) is 0 Å². The van der Waals surface area contributed by atoms with Crippen LogP contribution in [0.5, 0.6) is 0 Å². The molecule has 0 saturated heterocycles. The molecule has 0 spiro atoms. The number of rotatable bonds is 5. The maximum absolute atomic E-state index is 6.94. The van der Waals surface area contributed by atoms with Gasteiger partial charge < -0.3 is 10.5 Å². The van der Waals surface area contributed by atoms with Crippen LogP contribution in [-0.2, 0) is 4.74 Å². The van der Waals surface area contributed by atoms with Gasteiger partial charge in [0.25, 0.3) is 0 Å². The first-order valence-electron chi connectivity index (χ1n) is 3.75. The Balaban J connectivity index is 3.42. The van der Waals surface area contributed by atoms with Crippen molar-refractivity contribution in [1.29, 1.82) is 5.41 Å². The van der Waals surface area contributed by atoms with E-state index in [0.717, 1.165) is 6.42 Å². The van der Waals surface area contributed by atoms with Gasteiger partial charge in [0.1, 0.15) is 0 Å². The van der Waals surface area contributed by atoms with Crippen LogP contribution in [0.3, 0.4) is 0 Å². The molecule has 0 rings (SSSR count). The molecule has 0 aliphatic carbocycles. The molecule has 4 nitrogen and oxygen atoms in total. The van der Waals surface area contributed by atoms with Crippen molar-refractivity contribution in [2.75, 3.05) is 13.7 Å². The standard InChI is InChI=1S/C8H15N3O/c1-3-8(11-2)12-6-4-5-7(9)10/h3H,1,4-6H2,2H3,(H3,9,10). The number of aliphatic imine (C=N–C) groups is 1. The quantitative estimate of drug-likeness (QED) is 0.365. The zero-order valence-corrected chi connectivity index (χ0v) is 7.34. The smallest absolute Gasteiger partial charge is 0.207 e. The molecule has 0 radical (unpaired) electrons. The van der Waals surface area contributed by atoms with Crippen molar-refractivity contribution < 1.29 is 4.74 Å². The minimum absolute atomic E-state index is 0.187. The van der Waals surface area contributed by atoms with Crippen LogP contribution in [0.25, 0.3) is 0 Å². The van der Waals surface area contributed by atoms with Crippen molar-refractivity contribution >= 4 is 11.7 Å². The molecule has 0 atom stereocenters. The molecule has 4 heteroatoms. The summed E-state index contributed by atoms with van der Waals surface area (Å²) in [6.07, 6.45) is 2.85. The Morgan fingerprint density at radius 1 is 1.75 bits per heavy atom. The molecule has 0 bridgehead atoms. The molecule has 0 heterocycles. The van der Waals surface area contributed by atoms with E-state index in [1.165, 1.54) is 0 Å². The lowest BCUT2D eigenvalue weighted by Crippen LogP contribution is -2.11. The maximum Gasteiger partial charge on any atom is 0.207 e. The molecule has 0 aliphatic rings. The van der Waals surface area contributed by atoms with Crippen molar-refractivity contribution in [2.45, 2.75) is 12.8 Å². The number of nitrogens with zero attached hydrogens (tertiary/aromatic N) is 1. The lowest BCUT2D eigenvalue weighted by atomic mass is 10.3. The van der Waals surface area contributed by atoms with Crippen LogP contribution in [-0.4, -0.2) is 25.4 Å². The SMILES string of the molecule is C=CC(=NC)OCCCC(=N)N. The highest BCUT2D eigenvalue weighted by Gasteiger charge is 1.93. The van der Waals surface area contributed by atoms with Gasteiger partial charge in [0, 0.05) is 13.5 Å². The van der Waals surface area contributed by atoms with Gasteiger partial charge in [-0.05, 0) is 12.5 Å². The third-order valence-corrected chi connectivity index (χ3v) is 1.24. The topological polar surface area (TPSA) is 71.5 Å². The second kappa shape index (κ2) is 6.39. The summed E-state index contributed by atoms with van der Waals surface area (Å²) in [7, 11) is 1.64. The van der Waals surface area contributed by atoms with Crippen LogP contribution in [0.2, 0.25) is 0 Å². The molecule has 68 valence electrons. The van der Waals surface area contributed by atoms with Gasteiger partial charge >= 0.3 is 0 Å². The highest BCUT2D eigenvalue weighted by Crippen LogP contribution is 1.91. The van der Waals surface area contributed by atoms with Crippen molar-refractivity contribution in [1.82, 2.24) is 0 Å². The maximum atomic E-state index is 6.94. The van der Waals surface area contributed by atoms with E-state index in [9.17, 15) is 0 Å². The van der Waals surface area contributed by atoms with E-state index in [-0.39, 0.29) is 5.84 Å². The highest BCUT2D eigenvalue weighted by atomic mass is 16.5. The number of amidine groups is 1. The van der Waals surface area contributed by atoms with Gasteiger partial charge in [0.05, 0.1) is 12.4 Å². The van der Waals surface area contributed by atoms with Gasteiger partial charge in [-0.2, -0.15) is 0 Å². The average Bonchev–Trinajstić information content (AvgIpc) is 2.04. The monoisotopic (exact) mass is 169 g/mol. The van der Waals surface area contributed by atoms with Crippen molar-refractivity contribution in [2.24, 2.45) is 10.7 Å². The fraction of sp³-hybridized carbons (Fsp3) is 0.500. The predicted molar refractivity (Wildman–Crippen MR) is 50.7 cm³/mol. The molecule has 0 amide bonds. The third kappa shape index (κ3) is 5.46. The fourth-order valence-electron chi connectivity index (χ4n) is 0.654. The van der Waals surface area contributed by atoms with Crippen LogP contribution in [0.4, 0.5) is 0 Å². The lowest BCUT2D eigenvalue weighted by molar-refractivity contribution is 0.303. The number of nitrogens with one attached hydrogen (secondary N) is 1. The summed E-state index contributed by atoms with van der Waals surface area (Å²) < 4.78 is 5.17. The van der Waals surface area contributed by atoms with E-state index >= 15 is 0 Å². The van der Waals surface area contributed by atoms with Gasteiger partial charge in [0.15, 0.2) is 0 Å². The molecule has 0 aromatic heterocycles. The first kappa shape index (κ1) is 10.7. The van der Waals surface area contributed by atoms with E-state index in [1.807, 2.05) is 0 Å². The molecule has 3 N–H and O–H groups in total. The predicted octanol–water partition coefficient (Wildman–Crippen LogP) is 0.933. The first-order chi connectivity index (χ1) is 5.70. The largest absolute Gasteiger partial charge is 0.478 e. The van der Waals surface area contributed by atoms with E-state index < -0.39 is 0 Å². The molecule has 12 heavy (non-hydrogen) atoms. The Hall–Kier alpha value is -1.32. The van der Waals surface area contributed by atoms with E-state index in [2.05, 4.69) is 11.6 Å². The van der Waals surface area contributed by atoms with Gasteiger partial charge in [-0.3, -0.25) is 10.4 Å². The van der Waals surface area contributed by atoms with E-state index in [0.29, 0.717) is 18.9 Å². The van der Waals surface area contributed by atoms with Crippen LogP contribution >= 0.6 is 0 Å². The first-order valence-corrected chi connectivity index (χ1v) is 3.75. The second-order valence-corrected chi connectivity index (χ2v) is 2.24. The van der Waals surface area contributed by atoms with Gasteiger partial charge in [-0.25, -0.2) is 0 Å². The summed E-state index contributed by atoms with van der Waals surface area (Å²) in [5, 5.41) is 6.94. The average molecular weight is 169 g/mol. The molecular formula is C8H15N3O. The Morgan fingerprint density at radius 2 is 2.42 bits per heavy atom. The Kier molecular flexibility index (Phi) is 5.69. The summed E-state index contributed by atoms with van der Waals surface area (Å²) >= 11 is 0. The van der Waals surface area contributed by atoms with Gasteiger partial charge in [0.2, 0.25) is 5.90 Å². The van der Waals surface area contributed by atoms with E-state index in [1.54, 1.807) is 13.1 Å². The number of hydrogen-bond acceptors (Lipinski definition) is 3. The Morgan fingerprint density at radius 3 is 2.83 bits per heavy atom. The summed E-state index contributed by atoms with van der Waals surface area (Å²) in [4.78, 5) is 3.81. The zero-order valence-electron chi connectivity index (χ0n) is 7.34. The van der Waals surface area contributed by atoms with Crippen LogP contribution in [0.15, 0.2) is 17.6 Å². The highest BCUT2D eigenvalue weighted by molar-refractivity contribution is 5.86. The Bertz CT molecular complexity index is 187. The minimum Gasteiger partial charge on any atom is -0.478 e. The molecule has 0 aliphatic heterocycles. The molecule has 0 aromatic carbocycles. The van der Waals surface area contributed by atoms with Gasteiger partial charge in [-0.15, -0.1) is 0 Å². The summed E-state index contributed by atoms with van der Waals surface area (Å²) in [6, 6.07) is 0. The van der Waals surface area contributed by atoms with Gasteiger partial charge in [-0.1, -0.05) is 6.58 Å². The number of ether oxygens (including phenoxy) is 1. The second-order valence-electron chi connectivity index (χ2n) is 2.24. The van der Waals surface area contributed by atoms with Crippen LogP contribution < -0.4 is 5.73 Å². The molecule has 0 aromatic rings. The van der Waals surface area contributed by atoms with Crippen LogP contribution in [0.1, 0.15) is 12.8 Å². The molecular weight excluding hydrogens is 154 g/mol. The third-order valence-electron chi connectivity index (χ3n) is 1.24. The van der Waals surface area contributed by atoms with Crippen molar-refractivity contribution in [3.8, 4) is 0 Å². The lowest BCUT2D eigenvalue weighted by Gasteiger charge is -2.03. The minimum atomic E-state index is 0.187. The van der Waals surface area contributed by atoms with E-state index in [4.69, 9.17) is 15.9 Å². The molecule has 0 saturated carbocycles.